The van der Waals surface area contributed by atoms with Crippen LogP contribution in [0.2, 0.25) is 0 Å². The van der Waals surface area contributed by atoms with Crippen molar-refractivity contribution in [2.75, 3.05) is 0 Å². The number of nitrogens with one attached hydrogen (secondary N) is 1. The van der Waals surface area contributed by atoms with Crippen LogP contribution in [0.4, 0.5) is 0 Å². The molecule has 1 saturated carbocycles. The molecule has 2 rings (SSSR count). The lowest BCUT2D eigenvalue weighted by atomic mass is 10.1. The summed E-state index contributed by atoms with van der Waals surface area (Å²) in [5, 5.41) is 5.85. The first-order valence-corrected chi connectivity index (χ1v) is 6.87. The quantitative estimate of drug-likeness (QED) is 0.884. The lowest BCUT2D eigenvalue weighted by Gasteiger charge is -2.10. The summed E-state index contributed by atoms with van der Waals surface area (Å²) in [4.78, 5) is 0. The molecule has 1 aliphatic rings. The van der Waals surface area contributed by atoms with Crippen LogP contribution in [-0.2, 0) is 6.54 Å². The third-order valence-electron chi connectivity index (χ3n) is 2.91. The monoisotopic (exact) mass is 273 g/mol. The largest absolute Gasteiger partial charge is 0.310 e. The van der Waals surface area contributed by atoms with Crippen LogP contribution in [0.15, 0.2) is 15.2 Å². The molecule has 1 heterocycles. The van der Waals surface area contributed by atoms with Crippen molar-refractivity contribution < 1.29 is 0 Å². The molecule has 78 valence electrons. The molecule has 1 aromatic rings. The van der Waals surface area contributed by atoms with E-state index >= 15 is 0 Å². The van der Waals surface area contributed by atoms with Gasteiger partial charge in [-0.3, -0.25) is 0 Å². The van der Waals surface area contributed by atoms with E-state index in [9.17, 15) is 0 Å². The van der Waals surface area contributed by atoms with Gasteiger partial charge in [-0.1, -0.05) is 6.92 Å². The Morgan fingerprint density at radius 3 is 3.00 bits per heavy atom. The summed E-state index contributed by atoms with van der Waals surface area (Å²) in [6, 6.07) is 2.96. The normalized spacial score (nSPS) is 27.0. The Hall–Kier alpha value is 0.140. The number of thiophene rings is 1. The van der Waals surface area contributed by atoms with E-state index in [4.69, 9.17) is 0 Å². The van der Waals surface area contributed by atoms with Crippen LogP contribution in [-0.4, -0.2) is 6.04 Å². The summed E-state index contributed by atoms with van der Waals surface area (Å²) in [5.41, 5.74) is 1.40. The van der Waals surface area contributed by atoms with Gasteiger partial charge < -0.3 is 5.32 Å². The van der Waals surface area contributed by atoms with Crippen LogP contribution in [0.3, 0.4) is 0 Å². The molecule has 0 spiro atoms. The van der Waals surface area contributed by atoms with E-state index in [1.807, 2.05) is 0 Å². The second-order valence-electron chi connectivity index (χ2n) is 4.26. The highest BCUT2D eigenvalue weighted by atomic mass is 79.9. The fourth-order valence-corrected chi connectivity index (χ4v) is 3.30. The first kappa shape index (κ1) is 10.7. The fraction of sp³-hybridized carbons (Fsp3) is 0.636. The van der Waals surface area contributed by atoms with Gasteiger partial charge >= 0.3 is 0 Å². The maximum atomic E-state index is 3.63. The van der Waals surface area contributed by atoms with Gasteiger partial charge in [0.15, 0.2) is 0 Å². The molecule has 1 N–H and O–H groups in total. The van der Waals surface area contributed by atoms with Crippen LogP contribution >= 0.6 is 27.3 Å². The second kappa shape index (κ2) is 4.77. The van der Waals surface area contributed by atoms with E-state index in [0.717, 1.165) is 18.5 Å². The van der Waals surface area contributed by atoms with Gasteiger partial charge in [-0.25, -0.2) is 0 Å². The smallest absolute Gasteiger partial charge is 0.0701 e. The molecule has 0 aliphatic heterocycles. The molecule has 1 aromatic heterocycles. The molecule has 1 fully saturated rings. The first-order chi connectivity index (χ1) is 6.74. The van der Waals surface area contributed by atoms with Crippen LogP contribution in [0.25, 0.3) is 0 Å². The van der Waals surface area contributed by atoms with Gasteiger partial charge in [-0.05, 0) is 58.1 Å². The minimum atomic E-state index is 0.753. The Labute approximate surface area is 98.0 Å². The highest BCUT2D eigenvalue weighted by Gasteiger charge is 2.20. The van der Waals surface area contributed by atoms with Gasteiger partial charge in [0.1, 0.15) is 0 Å². The number of hydrogen-bond donors (Lipinski definition) is 1. The van der Waals surface area contributed by atoms with Crippen LogP contribution < -0.4 is 5.32 Å². The zero-order valence-electron chi connectivity index (χ0n) is 8.42. The maximum absolute atomic E-state index is 3.63. The van der Waals surface area contributed by atoms with Gasteiger partial charge in [0.2, 0.25) is 0 Å². The fourth-order valence-electron chi connectivity index (χ4n) is 2.09. The molecule has 1 nitrogen and oxygen atoms in total. The van der Waals surface area contributed by atoms with Crippen LogP contribution in [0.1, 0.15) is 31.7 Å². The van der Waals surface area contributed by atoms with Crippen molar-refractivity contribution in [2.45, 2.75) is 38.8 Å². The topological polar surface area (TPSA) is 12.0 Å². The number of rotatable bonds is 3. The van der Waals surface area contributed by atoms with Gasteiger partial charge in [-0.2, -0.15) is 0 Å². The van der Waals surface area contributed by atoms with E-state index < -0.39 is 0 Å². The summed E-state index contributed by atoms with van der Waals surface area (Å²) >= 11 is 5.25. The highest BCUT2D eigenvalue weighted by molar-refractivity contribution is 9.11. The second-order valence-corrected chi connectivity index (χ2v) is 6.55. The first-order valence-electron chi connectivity index (χ1n) is 5.20. The Morgan fingerprint density at radius 1 is 1.57 bits per heavy atom. The van der Waals surface area contributed by atoms with Crippen LogP contribution in [0, 0.1) is 5.92 Å². The molecule has 14 heavy (non-hydrogen) atoms. The minimum absolute atomic E-state index is 0.753. The molecule has 0 aromatic carbocycles. The molecule has 2 unspecified atom stereocenters. The molecule has 0 amide bonds. The van der Waals surface area contributed by atoms with Crippen molar-refractivity contribution in [1.29, 1.82) is 0 Å². The van der Waals surface area contributed by atoms with E-state index in [1.54, 1.807) is 11.3 Å². The third kappa shape index (κ3) is 2.81. The standard InChI is InChI=1S/C11H16BrNS/c1-8-2-3-10(4-8)13-6-9-5-11(12)14-7-9/h5,7-8,10,13H,2-4,6H2,1H3. The van der Waals surface area contributed by atoms with Gasteiger partial charge in [0.05, 0.1) is 3.79 Å². The Balaban J connectivity index is 1.77. The number of hydrogen-bond acceptors (Lipinski definition) is 2. The molecule has 0 saturated heterocycles. The summed E-state index contributed by atoms with van der Waals surface area (Å²) in [6.07, 6.45) is 4.10. The number of halogens is 1. The molecular weight excluding hydrogens is 258 g/mol. The van der Waals surface area contributed by atoms with E-state index in [2.05, 4.69) is 39.6 Å². The predicted octanol–water partition coefficient (Wildman–Crippen LogP) is 3.79. The lowest BCUT2D eigenvalue weighted by molar-refractivity contribution is 0.502. The van der Waals surface area contributed by atoms with E-state index in [-0.39, 0.29) is 0 Å². The van der Waals surface area contributed by atoms with Crippen molar-refractivity contribution in [2.24, 2.45) is 5.92 Å². The van der Waals surface area contributed by atoms with Crippen molar-refractivity contribution in [3.8, 4) is 0 Å². The van der Waals surface area contributed by atoms with Crippen molar-refractivity contribution in [1.82, 2.24) is 5.32 Å². The molecule has 3 heteroatoms. The van der Waals surface area contributed by atoms with E-state index in [0.29, 0.717) is 0 Å². The minimum Gasteiger partial charge on any atom is -0.310 e. The zero-order chi connectivity index (χ0) is 9.97. The molecule has 1 aliphatic carbocycles. The van der Waals surface area contributed by atoms with Crippen molar-refractivity contribution in [3.63, 3.8) is 0 Å². The Morgan fingerprint density at radius 2 is 2.43 bits per heavy atom. The Bertz CT molecular complexity index is 297. The highest BCUT2D eigenvalue weighted by Crippen LogP contribution is 2.25. The summed E-state index contributed by atoms with van der Waals surface area (Å²) < 4.78 is 1.23. The average Bonchev–Trinajstić information content (AvgIpc) is 2.72. The van der Waals surface area contributed by atoms with Crippen molar-refractivity contribution in [3.05, 3.63) is 20.8 Å². The summed E-state index contributed by atoms with van der Waals surface area (Å²) in [7, 11) is 0. The van der Waals surface area contributed by atoms with Gasteiger partial charge in [0.25, 0.3) is 0 Å². The third-order valence-corrected chi connectivity index (χ3v) is 4.46. The van der Waals surface area contributed by atoms with Gasteiger partial charge in [0, 0.05) is 12.6 Å². The van der Waals surface area contributed by atoms with Gasteiger partial charge in [-0.15, -0.1) is 11.3 Å². The van der Waals surface area contributed by atoms with Crippen LogP contribution in [0.5, 0.6) is 0 Å². The maximum Gasteiger partial charge on any atom is 0.0701 e. The molecule has 2 atom stereocenters. The lowest BCUT2D eigenvalue weighted by Crippen LogP contribution is -2.25. The zero-order valence-corrected chi connectivity index (χ0v) is 10.8. The SMILES string of the molecule is CC1CCC(NCc2csc(Br)c2)C1. The molecular formula is C11H16BrNS. The predicted molar refractivity (Wildman–Crippen MR) is 65.7 cm³/mol. The molecule has 0 bridgehead atoms. The summed E-state index contributed by atoms with van der Waals surface area (Å²) in [5.74, 6) is 0.918. The average molecular weight is 274 g/mol. The van der Waals surface area contributed by atoms with Crippen molar-refractivity contribution >= 4 is 27.3 Å². The summed E-state index contributed by atoms with van der Waals surface area (Å²) in [6.45, 7) is 3.38. The molecule has 0 radical (unpaired) electrons. The van der Waals surface area contributed by atoms with E-state index in [1.165, 1.54) is 28.6 Å². The Kier molecular flexibility index (Phi) is 3.63.